The van der Waals surface area contributed by atoms with Crippen LogP contribution in [0.5, 0.6) is 5.75 Å². The second kappa shape index (κ2) is 6.48. The van der Waals surface area contributed by atoms with Crippen LogP contribution in [-0.2, 0) is 0 Å². The van der Waals surface area contributed by atoms with Gasteiger partial charge in [0.05, 0.1) is 12.7 Å². The Morgan fingerprint density at radius 3 is 2.69 bits per heavy atom. The molecule has 0 saturated carbocycles. The molecule has 2 nitrogen and oxygen atoms in total. The van der Waals surface area contributed by atoms with Crippen molar-refractivity contribution in [3.05, 3.63) is 29.6 Å². The van der Waals surface area contributed by atoms with E-state index in [2.05, 4.69) is 6.92 Å². The summed E-state index contributed by atoms with van der Waals surface area (Å²) in [5, 5.41) is 9.28. The van der Waals surface area contributed by atoms with Crippen molar-refractivity contribution in [3.63, 3.8) is 0 Å². The molecule has 0 unspecified atom stereocenters. The molecule has 0 saturated heterocycles. The average molecular weight is 226 g/mol. The fourth-order valence-electron chi connectivity index (χ4n) is 1.43. The third-order valence-corrected chi connectivity index (χ3v) is 2.44. The molecule has 0 spiro atoms. The van der Waals surface area contributed by atoms with E-state index in [9.17, 15) is 9.50 Å². The molecule has 0 fully saturated rings. The van der Waals surface area contributed by atoms with Crippen molar-refractivity contribution in [2.75, 3.05) is 6.61 Å². The Kier molecular flexibility index (Phi) is 5.26. The lowest BCUT2D eigenvalue weighted by molar-refractivity contribution is 0.198. The topological polar surface area (TPSA) is 29.5 Å². The third-order valence-electron chi connectivity index (χ3n) is 2.44. The highest BCUT2D eigenvalue weighted by Gasteiger charge is 2.07. The fraction of sp³-hybridized carbons (Fsp3) is 0.538. The van der Waals surface area contributed by atoms with Gasteiger partial charge in [-0.15, -0.1) is 0 Å². The van der Waals surface area contributed by atoms with Gasteiger partial charge in [0, 0.05) is 0 Å². The van der Waals surface area contributed by atoms with Crippen LogP contribution in [0.15, 0.2) is 18.2 Å². The Hall–Kier alpha value is -1.09. The van der Waals surface area contributed by atoms with Crippen molar-refractivity contribution >= 4 is 0 Å². The van der Waals surface area contributed by atoms with Gasteiger partial charge in [0.2, 0.25) is 0 Å². The number of aliphatic hydroxyl groups is 1. The van der Waals surface area contributed by atoms with Crippen LogP contribution in [0.1, 0.15) is 44.8 Å². The van der Waals surface area contributed by atoms with Gasteiger partial charge < -0.3 is 9.84 Å². The monoisotopic (exact) mass is 226 g/mol. The minimum atomic E-state index is -0.649. The number of hydrogen-bond donors (Lipinski definition) is 1. The molecule has 0 bridgehead atoms. The molecule has 1 aromatic rings. The van der Waals surface area contributed by atoms with Gasteiger partial charge in [-0.3, -0.25) is 0 Å². The molecule has 16 heavy (non-hydrogen) atoms. The average Bonchev–Trinajstić information content (AvgIpc) is 2.26. The van der Waals surface area contributed by atoms with Gasteiger partial charge in [-0.1, -0.05) is 25.8 Å². The van der Waals surface area contributed by atoms with Crippen LogP contribution in [0.2, 0.25) is 0 Å². The lowest BCUT2D eigenvalue weighted by Crippen LogP contribution is -2.00. The zero-order valence-electron chi connectivity index (χ0n) is 9.87. The van der Waals surface area contributed by atoms with E-state index in [0.29, 0.717) is 12.2 Å². The minimum absolute atomic E-state index is 0.264. The van der Waals surface area contributed by atoms with E-state index in [4.69, 9.17) is 4.74 Å². The first-order valence-electron chi connectivity index (χ1n) is 5.75. The third kappa shape index (κ3) is 3.81. The first-order chi connectivity index (χ1) is 7.65. The van der Waals surface area contributed by atoms with E-state index in [1.807, 2.05) is 0 Å². The first-order valence-corrected chi connectivity index (χ1v) is 5.75. The van der Waals surface area contributed by atoms with Gasteiger partial charge in [0.15, 0.2) is 11.6 Å². The fourth-order valence-corrected chi connectivity index (χ4v) is 1.43. The zero-order chi connectivity index (χ0) is 12.0. The summed E-state index contributed by atoms with van der Waals surface area (Å²) in [5.74, 6) is -0.143. The SMILES string of the molecule is CCCCCOc1ccc([C@@H](C)O)cc1F. The van der Waals surface area contributed by atoms with Crippen molar-refractivity contribution in [2.24, 2.45) is 0 Å². The lowest BCUT2D eigenvalue weighted by Gasteiger charge is -2.09. The van der Waals surface area contributed by atoms with E-state index in [-0.39, 0.29) is 5.75 Å². The molecule has 0 aliphatic heterocycles. The van der Waals surface area contributed by atoms with E-state index < -0.39 is 11.9 Å². The first kappa shape index (κ1) is 13.0. The number of benzene rings is 1. The molecule has 1 rings (SSSR count). The van der Waals surface area contributed by atoms with Gasteiger partial charge in [0.1, 0.15) is 0 Å². The minimum Gasteiger partial charge on any atom is -0.491 e. The van der Waals surface area contributed by atoms with Crippen molar-refractivity contribution in [3.8, 4) is 5.75 Å². The summed E-state index contributed by atoms with van der Waals surface area (Å²) in [5.41, 5.74) is 0.568. The highest BCUT2D eigenvalue weighted by Crippen LogP contribution is 2.22. The summed E-state index contributed by atoms with van der Waals surface area (Å²) >= 11 is 0. The standard InChI is InChI=1S/C13H19FO2/c1-3-4-5-8-16-13-7-6-11(10(2)15)9-12(13)14/h6-7,9-10,15H,3-5,8H2,1-2H3/t10-/m1/s1. The van der Waals surface area contributed by atoms with Gasteiger partial charge >= 0.3 is 0 Å². The predicted octanol–water partition coefficient (Wildman–Crippen LogP) is 3.45. The molecule has 1 aromatic carbocycles. The molecule has 90 valence electrons. The van der Waals surface area contributed by atoms with Crippen LogP contribution in [0.4, 0.5) is 4.39 Å². The number of unbranched alkanes of at least 4 members (excludes halogenated alkanes) is 2. The smallest absolute Gasteiger partial charge is 0.165 e. The van der Waals surface area contributed by atoms with E-state index in [0.717, 1.165) is 19.3 Å². The van der Waals surface area contributed by atoms with Crippen LogP contribution in [0.25, 0.3) is 0 Å². The molecular weight excluding hydrogens is 207 g/mol. The van der Waals surface area contributed by atoms with E-state index >= 15 is 0 Å². The van der Waals surface area contributed by atoms with E-state index in [1.54, 1.807) is 19.1 Å². The molecule has 0 aromatic heterocycles. The Morgan fingerprint density at radius 2 is 2.12 bits per heavy atom. The van der Waals surface area contributed by atoms with Gasteiger partial charge in [-0.2, -0.15) is 0 Å². The Labute approximate surface area is 96.1 Å². The largest absolute Gasteiger partial charge is 0.491 e. The maximum atomic E-state index is 13.5. The summed E-state index contributed by atoms with van der Waals surface area (Å²) in [6, 6.07) is 4.58. The Bertz CT molecular complexity index is 324. The van der Waals surface area contributed by atoms with Gasteiger partial charge in [-0.25, -0.2) is 4.39 Å². The number of halogens is 1. The number of aliphatic hydroxyl groups excluding tert-OH is 1. The van der Waals surface area contributed by atoms with Crippen molar-refractivity contribution in [2.45, 2.75) is 39.2 Å². The summed E-state index contributed by atoms with van der Waals surface area (Å²) in [7, 11) is 0. The molecular formula is C13H19FO2. The van der Waals surface area contributed by atoms with Crippen LogP contribution in [0, 0.1) is 5.82 Å². The second-order valence-corrected chi connectivity index (χ2v) is 3.92. The summed E-state index contributed by atoms with van der Waals surface area (Å²) in [6.07, 6.45) is 2.50. The van der Waals surface area contributed by atoms with Crippen molar-refractivity contribution < 1.29 is 14.2 Å². The van der Waals surface area contributed by atoms with Crippen LogP contribution < -0.4 is 4.74 Å². The van der Waals surface area contributed by atoms with Crippen molar-refractivity contribution in [1.29, 1.82) is 0 Å². The Morgan fingerprint density at radius 1 is 1.38 bits per heavy atom. The van der Waals surface area contributed by atoms with Gasteiger partial charge in [0.25, 0.3) is 0 Å². The number of hydrogen-bond acceptors (Lipinski definition) is 2. The van der Waals surface area contributed by atoms with Crippen LogP contribution in [0.3, 0.4) is 0 Å². The molecule has 0 radical (unpaired) electrons. The highest BCUT2D eigenvalue weighted by atomic mass is 19.1. The number of ether oxygens (including phenoxy) is 1. The highest BCUT2D eigenvalue weighted by molar-refractivity contribution is 5.30. The molecule has 0 aliphatic rings. The molecule has 1 atom stereocenters. The predicted molar refractivity (Wildman–Crippen MR) is 62.1 cm³/mol. The van der Waals surface area contributed by atoms with Crippen LogP contribution >= 0.6 is 0 Å². The molecule has 3 heteroatoms. The maximum Gasteiger partial charge on any atom is 0.165 e. The quantitative estimate of drug-likeness (QED) is 0.753. The molecule has 0 aliphatic carbocycles. The molecule has 0 heterocycles. The normalized spacial score (nSPS) is 12.5. The second-order valence-electron chi connectivity index (χ2n) is 3.92. The molecule has 1 N–H and O–H groups in total. The maximum absolute atomic E-state index is 13.5. The zero-order valence-corrected chi connectivity index (χ0v) is 9.87. The lowest BCUT2D eigenvalue weighted by atomic mass is 10.1. The van der Waals surface area contributed by atoms with Crippen LogP contribution in [-0.4, -0.2) is 11.7 Å². The molecule has 0 amide bonds. The van der Waals surface area contributed by atoms with Crippen molar-refractivity contribution in [1.82, 2.24) is 0 Å². The summed E-state index contributed by atoms with van der Waals surface area (Å²) in [4.78, 5) is 0. The van der Waals surface area contributed by atoms with E-state index in [1.165, 1.54) is 6.07 Å². The Balaban J connectivity index is 2.54. The van der Waals surface area contributed by atoms with Gasteiger partial charge in [-0.05, 0) is 31.0 Å². The summed E-state index contributed by atoms with van der Waals surface area (Å²) in [6.45, 7) is 4.26. The number of rotatable bonds is 6. The summed E-state index contributed by atoms with van der Waals surface area (Å²) < 4.78 is 18.8.